The van der Waals surface area contributed by atoms with Crippen LogP contribution in [0.1, 0.15) is 33.1 Å². The molecule has 1 aliphatic heterocycles. The van der Waals surface area contributed by atoms with Crippen molar-refractivity contribution in [3.05, 3.63) is 0 Å². The Morgan fingerprint density at radius 3 is 2.50 bits per heavy atom. The minimum Gasteiger partial charge on any atom is -0.317 e. The van der Waals surface area contributed by atoms with Crippen LogP contribution >= 0.6 is 0 Å². The van der Waals surface area contributed by atoms with Crippen molar-refractivity contribution in [3.8, 4) is 0 Å². The normalized spacial score (nSPS) is 19.2. The molecular formula is C11H24N2O2S. The van der Waals surface area contributed by atoms with E-state index in [1.54, 1.807) is 0 Å². The predicted octanol–water partition coefficient (Wildman–Crippen LogP) is 0.952. The van der Waals surface area contributed by atoms with Crippen molar-refractivity contribution >= 4 is 10.0 Å². The lowest BCUT2D eigenvalue weighted by atomic mass is 9.95. The van der Waals surface area contributed by atoms with E-state index in [0.29, 0.717) is 12.5 Å². The molecule has 1 rings (SSSR count). The van der Waals surface area contributed by atoms with E-state index in [-0.39, 0.29) is 11.7 Å². The Kier molecular flexibility index (Phi) is 5.72. The number of piperidine rings is 1. The molecule has 1 aliphatic rings. The zero-order chi connectivity index (χ0) is 12.0. The van der Waals surface area contributed by atoms with Crippen molar-refractivity contribution in [1.82, 2.24) is 10.0 Å². The van der Waals surface area contributed by atoms with Gasteiger partial charge in [-0.25, -0.2) is 13.1 Å². The summed E-state index contributed by atoms with van der Waals surface area (Å²) >= 11 is 0. The van der Waals surface area contributed by atoms with Crippen molar-refractivity contribution in [2.45, 2.75) is 33.1 Å². The molecule has 16 heavy (non-hydrogen) atoms. The minimum atomic E-state index is -3.05. The molecule has 2 N–H and O–H groups in total. The van der Waals surface area contributed by atoms with E-state index in [0.717, 1.165) is 19.5 Å². The second kappa shape index (κ2) is 6.57. The molecule has 0 aromatic rings. The maximum Gasteiger partial charge on any atom is 0.211 e. The molecular weight excluding hydrogens is 224 g/mol. The standard InChI is InChI=1S/C11H24N2O2S/c1-10(2)9-16(14,15)13-8-5-11-3-6-12-7-4-11/h10-13H,3-9H2,1-2H3. The summed E-state index contributed by atoms with van der Waals surface area (Å²) in [7, 11) is -3.05. The summed E-state index contributed by atoms with van der Waals surface area (Å²) in [6, 6.07) is 0. The highest BCUT2D eigenvalue weighted by atomic mass is 32.2. The van der Waals surface area contributed by atoms with Gasteiger partial charge >= 0.3 is 0 Å². The highest BCUT2D eigenvalue weighted by molar-refractivity contribution is 7.89. The minimum absolute atomic E-state index is 0.191. The highest BCUT2D eigenvalue weighted by Crippen LogP contribution is 2.14. The Balaban J connectivity index is 2.18. The largest absolute Gasteiger partial charge is 0.317 e. The first kappa shape index (κ1) is 13.9. The summed E-state index contributed by atoms with van der Waals surface area (Å²) < 4.78 is 25.8. The molecule has 0 atom stereocenters. The zero-order valence-corrected chi connectivity index (χ0v) is 11.1. The molecule has 0 saturated carbocycles. The number of sulfonamides is 1. The molecule has 1 fully saturated rings. The van der Waals surface area contributed by atoms with Crippen LogP contribution in [0.4, 0.5) is 0 Å². The number of hydrogen-bond donors (Lipinski definition) is 2. The SMILES string of the molecule is CC(C)CS(=O)(=O)NCCC1CCNCC1. The molecule has 1 heterocycles. The quantitative estimate of drug-likeness (QED) is 0.736. The molecule has 0 unspecified atom stereocenters. The molecule has 4 nitrogen and oxygen atoms in total. The predicted molar refractivity (Wildman–Crippen MR) is 66.8 cm³/mol. The summed E-state index contributed by atoms with van der Waals surface area (Å²) in [6.45, 7) is 6.59. The van der Waals surface area contributed by atoms with E-state index < -0.39 is 10.0 Å². The third-order valence-electron chi connectivity index (χ3n) is 2.89. The van der Waals surface area contributed by atoms with Crippen LogP contribution < -0.4 is 10.0 Å². The lowest BCUT2D eigenvalue weighted by Gasteiger charge is -2.22. The van der Waals surface area contributed by atoms with Crippen LogP contribution in [0.25, 0.3) is 0 Å². The van der Waals surface area contributed by atoms with E-state index >= 15 is 0 Å². The maximum atomic E-state index is 11.6. The van der Waals surface area contributed by atoms with Crippen molar-refractivity contribution in [3.63, 3.8) is 0 Å². The van der Waals surface area contributed by atoms with Gasteiger partial charge in [0.2, 0.25) is 10.0 Å². The third kappa shape index (κ3) is 5.82. The summed E-state index contributed by atoms with van der Waals surface area (Å²) in [5.41, 5.74) is 0. The molecule has 0 bridgehead atoms. The van der Waals surface area contributed by atoms with Crippen LogP contribution in [0.5, 0.6) is 0 Å². The summed E-state index contributed by atoms with van der Waals surface area (Å²) in [5, 5.41) is 3.31. The molecule has 0 aromatic carbocycles. The van der Waals surface area contributed by atoms with Gasteiger partial charge in [-0.2, -0.15) is 0 Å². The lowest BCUT2D eigenvalue weighted by molar-refractivity contribution is 0.354. The van der Waals surface area contributed by atoms with E-state index in [1.165, 1.54) is 12.8 Å². The Morgan fingerprint density at radius 2 is 1.94 bits per heavy atom. The van der Waals surface area contributed by atoms with Crippen molar-refractivity contribution in [2.75, 3.05) is 25.4 Å². The topological polar surface area (TPSA) is 58.2 Å². The summed E-state index contributed by atoms with van der Waals surface area (Å²) in [4.78, 5) is 0. The molecule has 1 saturated heterocycles. The van der Waals surface area contributed by atoms with Gasteiger partial charge in [0.15, 0.2) is 0 Å². The van der Waals surface area contributed by atoms with Gasteiger partial charge in [0.1, 0.15) is 0 Å². The molecule has 96 valence electrons. The van der Waals surface area contributed by atoms with E-state index in [2.05, 4.69) is 10.0 Å². The summed E-state index contributed by atoms with van der Waals surface area (Å²) in [6.07, 6.45) is 3.32. The fourth-order valence-electron chi connectivity index (χ4n) is 2.09. The Labute approximate surface area is 99.2 Å². The van der Waals surface area contributed by atoms with E-state index in [1.807, 2.05) is 13.8 Å². The van der Waals surface area contributed by atoms with Crippen LogP contribution in [0.3, 0.4) is 0 Å². The van der Waals surface area contributed by atoms with Crippen LogP contribution in [0.15, 0.2) is 0 Å². The molecule has 0 aromatic heterocycles. The van der Waals surface area contributed by atoms with Gasteiger partial charge in [-0.3, -0.25) is 0 Å². The number of nitrogens with one attached hydrogen (secondary N) is 2. The van der Waals surface area contributed by atoms with Gasteiger partial charge in [0, 0.05) is 6.54 Å². The fourth-order valence-corrected chi connectivity index (χ4v) is 3.51. The molecule has 0 amide bonds. The van der Waals surface area contributed by atoms with Crippen molar-refractivity contribution in [1.29, 1.82) is 0 Å². The lowest BCUT2D eigenvalue weighted by Crippen LogP contribution is -2.33. The first-order chi connectivity index (χ1) is 7.49. The highest BCUT2D eigenvalue weighted by Gasteiger charge is 2.15. The Bertz CT molecular complexity index is 282. The molecule has 5 heteroatoms. The summed E-state index contributed by atoms with van der Waals surface area (Å²) in [5.74, 6) is 1.11. The van der Waals surface area contributed by atoms with Gasteiger partial charge in [-0.05, 0) is 44.2 Å². The third-order valence-corrected chi connectivity index (χ3v) is 4.64. The van der Waals surface area contributed by atoms with Crippen molar-refractivity contribution in [2.24, 2.45) is 11.8 Å². The molecule has 0 spiro atoms. The molecule has 0 aliphatic carbocycles. The van der Waals surface area contributed by atoms with Crippen LogP contribution in [-0.4, -0.2) is 33.8 Å². The van der Waals surface area contributed by atoms with E-state index in [4.69, 9.17) is 0 Å². The molecule has 0 radical (unpaired) electrons. The smallest absolute Gasteiger partial charge is 0.211 e. The van der Waals surface area contributed by atoms with Crippen LogP contribution in [-0.2, 0) is 10.0 Å². The van der Waals surface area contributed by atoms with Gasteiger partial charge < -0.3 is 5.32 Å². The average molecular weight is 248 g/mol. The second-order valence-corrected chi connectivity index (χ2v) is 6.90. The van der Waals surface area contributed by atoms with Gasteiger partial charge in [0.05, 0.1) is 5.75 Å². The van der Waals surface area contributed by atoms with Crippen LogP contribution in [0.2, 0.25) is 0 Å². The average Bonchev–Trinajstić information content (AvgIpc) is 2.16. The van der Waals surface area contributed by atoms with Crippen molar-refractivity contribution < 1.29 is 8.42 Å². The van der Waals surface area contributed by atoms with E-state index in [9.17, 15) is 8.42 Å². The Hall–Kier alpha value is -0.130. The Morgan fingerprint density at radius 1 is 1.31 bits per heavy atom. The zero-order valence-electron chi connectivity index (χ0n) is 10.3. The first-order valence-electron chi connectivity index (χ1n) is 6.17. The fraction of sp³-hybridized carbons (Fsp3) is 1.00. The maximum absolute atomic E-state index is 11.6. The van der Waals surface area contributed by atoms with Gasteiger partial charge in [-0.1, -0.05) is 13.8 Å². The second-order valence-electron chi connectivity index (χ2n) is 5.05. The van der Waals surface area contributed by atoms with Gasteiger partial charge in [0.25, 0.3) is 0 Å². The monoisotopic (exact) mass is 248 g/mol. The van der Waals surface area contributed by atoms with Gasteiger partial charge in [-0.15, -0.1) is 0 Å². The number of hydrogen-bond acceptors (Lipinski definition) is 3. The van der Waals surface area contributed by atoms with Crippen LogP contribution in [0, 0.1) is 11.8 Å². The first-order valence-corrected chi connectivity index (χ1v) is 7.83. The number of rotatable bonds is 6.